The molecule has 0 saturated carbocycles. The number of aryl methyl sites for hydroxylation is 3. The van der Waals surface area contributed by atoms with E-state index in [1.54, 1.807) is 0 Å². The van der Waals surface area contributed by atoms with Gasteiger partial charge in [-0.05, 0) is 43.9 Å². The average molecular weight is 239 g/mol. The molecule has 16 heavy (non-hydrogen) atoms. The van der Waals surface area contributed by atoms with E-state index in [1.165, 1.54) is 22.3 Å². The highest BCUT2D eigenvalue weighted by Crippen LogP contribution is 2.37. The van der Waals surface area contributed by atoms with Crippen LogP contribution in [0.2, 0.25) is 0 Å². The third-order valence-electron chi connectivity index (χ3n) is 3.39. The average Bonchev–Trinajstić information content (AvgIpc) is 2.67. The number of hydrogen-bond donors (Lipinski definition) is 0. The second kappa shape index (κ2) is 4.77. The molecule has 0 amide bonds. The first-order valence-corrected chi connectivity index (χ1v) is 6.33. The minimum absolute atomic E-state index is 0.100. The van der Waals surface area contributed by atoms with Gasteiger partial charge in [-0.3, -0.25) is 0 Å². The van der Waals surface area contributed by atoms with Gasteiger partial charge in [0.2, 0.25) is 0 Å². The molecule has 0 N–H and O–H groups in total. The van der Waals surface area contributed by atoms with Gasteiger partial charge >= 0.3 is 0 Å². The Labute approximate surface area is 103 Å². The number of alkyl halides is 1. The van der Waals surface area contributed by atoms with Crippen molar-refractivity contribution in [1.82, 2.24) is 0 Å². The van der Waals surface area contributed by atoms with Crippen LogP contribution in [0.5, 0.6) is 0 Å². The smallest absolute Gasteiger partial charge is 0.0641 e. The fourth-order valence-electron chi connectivity index (χ4n) is 2.65. The Morgan fingerprint density at radius 3 is 2.38 bits per heavy atom. The molecule has 2 rings (SSSR count). The number of rotatable bonds is 2. The zero-order valence-electron chi connectivity index (χ0n) is 10.2. The molecular weight excluding hydrogens is 220 g/mol. The molecule has 0 radical (unpaired) electrons. The van der Waals surface area contributed by atoms with E-state index in [1.807, 2.05) is 0 Å². The van der Waals surface area contributed by atoms with Gasteiger partial charge in [0.1, 0.15) is 0 Å². The zero-order valence-corrected chi connectivity index (χ0v) is 11.0. The summed E-state index contributed by atoms with van der Waals surface area (Å²) < 4.78 is 5.42. The minimum Gasteiger partial charge on any atom is -0.381 e. The highest BCUT2D eigenvalue weighted by molar-refractivity contribution is 6.21. The lowest BCUT2D eigenvalue weighted by Crippen LogP contribution is -2.10. The van der Waals surface area contributed by atoms with Crippen molar-refractivity contribution in [3.05, 3.63) is 34.4 Å². The SMILES string of the molecule is Cc1cc(C)c(C(Cl)C2CCOC2)c(C)c1. The highest BCUT2D eigenvalue weighted by atomic mass is 35.5. The Kier molecular flexibility index (Phi) is 3.56. The molecule has 2 atom stereocenters. The van der Waals surface area contributed by atoms with E-state index >= 15 is 0 Å². The summed E-state index contributed by atoms with van der Waals surface area (Å²) in [6.07, 6.45) is 1.08. The summed E-state index contributed by atoms with van der Waals surface area (Å²) in [7, 11) is 0. The van der Waals surface area contributed by atoms with Crippen molar-refractivity contribution in [2.24, 2.45) is 5.92 Å². The normalized spacial score (nSPS) is 22.4. The van der Waals surface area contributed by atoms with Crippen LogP contribution in [-0.4, -0.2) is 13.2 Å². The van der Waals surface area contributed by atoms with Crippen molar-refractivity contribution in [3.63, 3.8) is 0 Å². The summed E-state index contributed by atoms with van der Waals surface area (Å²) in [5.74, 6) is 0.474. The number of halogens is 1. The summed E-state index contributed by atoms with van der Waals surface area (Å²) in [4.78, 5) is 0. The fourth-order valence-corrected chi connectivity index (χ4v) is 3.19. The third kappa shape index (κ3) is 2.26. The van der Waals surface area contributed by atoms with Crippen molar-refractivity contribution in [3.8, 4) is 0 Å². The quantitative estimate of drug-likeness (QED) is 0.710. The molecule has 88 valence electrons. The number of benzene rings is 1. The first-order valence-electron chi connectivity index (χ1n) is 5.89. The molecule has 1 nitrogen and oxygen atoms in total. The zero-order chi connectivity index (χ0) is 11.7. The molecule has 1 fully saturated rings. The van der Waals surface area contributed by atoms with Crippen molar-refractivity contribution < 1.29 is 4.74 Å². The first kappa shape index (κ1) is 11.9. The standard InChI is InChI=1S/C14H19ClO/c1-9-6-10(2)13(11(3)7-9)14(15)12-4-5-16-8-12/h6-7,12,14H,4-5,8H2,1-3H3. The van der Waals surface area contributed by atoms with Crippen LogP contribution in [0.3, 0.4) is 0 Å². The van der Waals surface area contributed by atoms with Gasteiger partial charge in [0, 0.05) is 12.5 Å². The summed E-state index contributed by atoms with van der Waals surface area (Å²) in [5.41, 5.74) is 5.24. The largest absolute Gasteiger partial charge is 0.381 e. The lowest BCUT2D eigenvalue weighted by Gasteiger charge is -2.21. The van der Waals surface area contributed by atoms with E-state index in [9.17, 15) is 0 Å². The van der Waals surface area contributed by atoms with Crippen molar-refractivity contribution in [2.45, 2.75) is 32.6 Å². The molecule has 0 bridgehead atoms. The summed E-state index contributed by atoms with van der Waals surface area (Å²) >= 11 is 6.60. The van der Waals surface area contributed by atoms with Gasteiger partial charge in [-0.2, -0.15) is 0 Å². The predicted octanol–water partition coefficient (Wildman–Crippen LogP) is 3.93. The molecule has 0 spiro atoms. The molecule has 0 aromatic heterocycles. The van der Waals surface area contributed by atoms with Crippen LogP contribution in [0.4, 0.5) is 0 Å². The van der Waals surface area contributed by atoms with Gasteiger partial charge in [-0.15, -0.1) is 11.6 Å². The topological polar surface area (TPSA) is 9.23 Å². The molecule has 2 heteroatoms. The second-order valence-electron chi connectivity index (χ2n) is 4.84. The lowest BCUT2D eigenvalue weighted by atomic mass is 9.90. The third-order valence-corrected chi connectivity index (χ3v) is 3.97. The first-order chi connectivity index (χ1) is 7.59. The van der Waals surface area contributed by atoms with Gasteiger partial charge < -0.3 is 4.74 Å². The summed E-state index contributed by atoms with van der Waals surface area (Å²) in [6.45, 7) is 8.10. The Balaban J connectivity index is 2.31. The van der Waals surface area contributed by atoms with Crippen LogP contribution < -0.4 is 0 Å². The van der Waals surface area contributed by atoms with E-state index in [-0.39, 0.29) is 5.38 Å². The lowest BCUT2D eigenvalue weighted by molar-refractivity contribution is 0.185. The Morgan fingerprint density at radius 1 is 1.25 bits per heavy atom. The van der Waals surface area contributed by atoms with Gasteiger partial charge in [-0.25, -0.2) is 0 Å². The Bertz CT molecular complexity index is 357. The molecule has 1 aliphatic rings. The fraction of sp³-hybridized carbons (Fsp3) is 0.571. The van der Waals surface area contributed by atoms with Crippen LogP contribution in [-0.2, 0) is 4.74 Å². The van der Waals surface area contributed by atoms with Crippen molar-refractivity contribution in [2.75, 3.05) is 13.2 Å². The van der Waals surface area contributed by atoms with E-state index in [4.69, 9.17) is 16.3 Å². The second-order valence-corrected chi connectivity index (χ2v) is 5.31. The van der Waals surface area contributed by atoms with E-state index in [0.717, 1.165) is 19.6 Å². The van der Waals surface area contributed by atoms with Crippen molar-refractivity contribution in [1.29, 1.82) is 0 Å². The van der Waals surface area contributed by atoms with E-state index in [2.05, 4.69) is 32.9 Å². The maximum atomic E-state index is 6.60. The van der Waals surface area contributed by atoms with Crippen LogP contribution >= 0.6 is 11.6 Å². The highest BCUT2D eigenvalue weighted by Gasteiger charge is 2.27. The maximum absolute atomic E-state index is 6.60. The molecule has 0 aliphatic carbocycles. The molecule has 1 aliphatic heterocycles. The molecule has 1 heterocycles. The van der Waals surface area contributed by atoms with Crippen molar-refractivity contribution >= 4 is 11.6 Å². The van der Waals surface area contributed by atoms with Gasteiger partial charge in [0.25, 0.3) is 0 Å². The Hall–Kier alpha value is -0.530. The summed E-state index contributed by atoms with van der Waals surface area (Å²) in [6, 6.07) is 4.43. The van der Waals surface area contributed by atoms with E-state index < -0.39 is 0 Å². The van der Waals surface area contributed by atoms with Crippen LogP contribution in [0.15, 0.2) is 12.1 Å². The van der Waals surface area contributed by atoms with Crippen LogP contribution in [0, 0.1) is 26.7 Å². The molecule has 1 saturated heterocycles. The molecule has 1 aromatic carbocycles. The molecular formula is C14H19ClO. The van der Waals surface area contributed by atoms with Crippen LogP contribution in [0.1, 0.15) is 34.1 Å². The van der Waals surface area contributed by atoms with Gasteiger partial charge in [0.15, 0.2) is 0 Å². The minimum atomic E-state index is 0.100. The van der Waals surface area contributed by atoms with Crippen LogP contribution in [0.25, 0.3) is 0 Å². The summed E-state index contributed by atoms with van der Waals surface area (Å²) in [5, 5.41) is 0.100. The maximum Gasteiger partial charge on any atom is 0.0641 e. The monoisotopic (exact) mass is 238 g/mol. The predicted molar refractivity (Wildman–Crippen MR) is 68.2 cm³/mol. The van der Waals surface area contributed by atoms with E-state index in [0.29, 0.717) is 5.92 Å². The number of ether oxygens (including phenoxy) is 1. The Morgan fingerprint density at radius 2 is 1.88 bits per heavy atom. The van der Waals surface area contributed by atoms with Gasteiger partial charge in [-0.1, -0.05) is 17.7 Å². The molecule has 2 unspecified atom stereocenters. The van der Waals surface area contributed by atoms with Gasteiger partial charge in [0.05, 0.1) is 12.0 Å². The number of hydrogen-bond acceptors (Lipinski definition) is 1. The molecule has 1 aromatic rings.